The van der Waals surface area contributed by atoms with Crippen LogP contribution in [-0.4, -0.2) is 25.7 Å². The highest BCUT2D eigenvalue weighted by Gasteiger charge is 2.42. The number of rotatable bonds is 4. The molecule has 4 rings (SSSR count). The molecule has 2 bridgehead atoms. The van der Waals surface area contributed by atoms with Crippen molar-refractivity contribution in [3.63, 3.8) is 0 Å². The van der Waals surface area contributed by atoms with Gasteiger partial charge >= 0.3 is 0 Å². The monoisotopic (exact) mass is 297 g/mol. The topological polar surface area (TPSA) is 72.7 Å². The number of nitrogens with one attached hydrogen (secondary N) is 1. The van der Waals surface area contributed by atoms with E-state index in [0.29, 0.717) is 12.5 Å². The highest BCUT2D eigenvalue weighted by atomic mass is 16.1. The summed E-state index contributed by atoms with van der Waals surface area (Å²) in [5.74, 6) is 2.59. The Morgan fingerprint density at radius 2 is 2.27 bits per heavy atom. The Bertz CT molecular complexity index is 652. The zero-order chi connectivity index (χ0) is 14.9. The van der Waals surface area contributed by atoms with Gasteiger partial charge in [-0.3, -0.25) is 4.79 Å². The van der Waals surface area contributed by atoms with Crippen LogP contribution in [0.4, 0.5) is 0 Å². The van der Waals surface area contributed by atoms with Gasteiger partial charge in [0.25, 0.3) is 0 Å². The highest BCUT2D eigenvalue weighted by molar-refractivity contribution is 5.79. The van der Waals surface area contributed by atoms with E-state index in [9.17, 15) is 4.79 Å². The first kappa shape index (κ1) is 13.4. The molecule has 3 atom stereocenters. The minimum absolute atomic E-state index is 0.215. The molecule has 1 N–H and O–H groups in total. The minimum atomic E-state index is 0.215. The van der Waals surface area contributed by atoms with Gasteiger partial charge < -0.3 is 5.32 Å². The quantitative estimate of drug-likeness (QED) is 0.932. The molecule has 2 aromatic heterocycles. The van der Waals surface area contributed by atoms with Crippen molar-refractivity contribution in [2.75, 3.05) is 0 Å². The van der Waals surface area contributed by atoms with Crippen molar-refractivity contribution >= 4 is 5.91 Å². The van der Waals surface area contributed by atoms with Crippen LogP contribution in [0.3, 0.4) is 0 Å². The molecule has 114 valence electrons. The Morgan fingerprint density at radius 1 is 1.32 bits per heavy atom. The van der Waals surface area contributed by atoms with Gasteiger partial charge in [-0.1, -0.05) is 12.5 Å². The molecule has 2 fully saturated rings. The average Bonchev–Trinajstić information content (AvgIpc) is 3.29. The summed E-state index contributed by atoms with van der Waals surface area (Å²) in [6, 6.07) is 3.85. The van der Waals surface area contributed by atoms with Gasteiger partial charge in [-0.25, -0.2) is 14.6 Å². The van der Waals surface area contributed by atoms with Gasteiger partial charge in [0, 0.05) is 18.7 Å². The molecule has 0 radical (unpaired) electrons. The smallest absolute Gasteiger partial charge is 0.223 e. The third-order valence-corrected chi connectivity index (χ3v) is 5.00. The Morgan fingerprint density at radius 3 is 2.91 bits per heavy atom. The van der Waals surface area contributed by atoms with E-state index in [0.717, 1.165) is 23.7 Å². The first-order valence-electron chi connectivity index (χ1n) is 7.87. The van der Waals surface area contributed by atoms with Crippen LogP contribution in [0.25, 0.3) is 5.82 Å². The van der Waals surface area contributed by atoms with E-state index in [1.807, 2.05) is 12.1 Å². The predicted molar refractivity (Wildman–Crippen MR) is 79.9 cm³/mol. The fraction of sp³-hybridized carbons (Fsp3) is 0.500. The number of amides is 1. The van der Waals surface area contributed by atoms with Crippen molar-refractivity contribution < 1.29 is 4.79 Å². The molecule has 0 saturated heterocycles. The van der Waals surface area contributed by atoms with Gasteiger partial charge in [0.05, 0.1) is 0 Å². The van der Waals surface area contributed by atoms with E-state index in [1.165, 1.54) is 25.6 Å². The van der Waals surface area contributed by atoms with Crippen molar-refractivity contribution in [2.24, 2.45) is 17.8 Å². The lowest BCUT2D eigenvalue weighted by Crippen LogP contribution is -2.33. The predicted octanol–water partition coefficient (Wildman–Crippen LogP) is 1.71. The molecule has 6 heteroatoms. The molecular weight excluding hydrogens is 278 g/mol. The molecular formula is C16H19N5O. The van der Waals surface area contributed by atoms with E-state index >= 15 is 0 Å². The summed E-state index contributed by atoms with van der Waals surface area (Å²) in [6.45, 7) is 0.539. The Balaban J connectivity index is 1.35. The SMILES string of the molecule is O=C(NCc1ccc(-n2cncn2)nc1)C1CC2CCC1C2. The van der Waals surface area contributed by atoms with E-state index in [4.69, 9.17) is 0 Å². The van der Waals surface area contributed by atoms with Crippen LogP contribution in [0.1, 0.15) is 31.2 Å². The van der Waals surface area contributed by atoms with Gasteiger partial charge in [-0.15, -0.1) is 0 Å². The molecule has 2 saturated carbocycles. The van der Waals surface area contributed by atoms with Crippen LogP contribution in [0.2, 0.25) is 0 Å². The summed E-state index contributed by atoms with van der Waals surface area (Å²) in [6.07, 6.45) is 9.76. The minimum Gasteiger partial charge on any atom is -0.352 e. The second kappa shape index (κ2) is 5.51. The molecule has 0 aliphatic heterocycles. The van der Waals surface area contributed by atoms with Crippen LogP contribution in [0.5, 0.6) is 0 Å². The number of carbonyl (C=O) groups is 1. The second-order valence-corrected chi connectivity index (χ2v) is 6.36. The zero-order valence-corrected chi connectivity index (χ0v) is 12.4. The van der Waals surface area contributed by atoms with Gasteiger partial charge in [0.15, 0.2) is 5.82 Å². The van der Waals surface area contributed by atoms with Crippen LogP contribution >= 0.6 is 0 Å². The van der Waals surface area contributed by atoms with Crippen molar-refractivity contribution in [2.45, 2.75) is 32.2 Å². The lowest BCUT2D eigenvalue weighted by molar-refractivity contribution is -0.126. The first-order valence-corrected chi connectivity index (χ1v) is 7.87. The van der Waals surface area contributed by atoms with Crippen molar-refractivity contribution in [3.8, 4) is 5.82 Å². The normalized spacial score (nSPS) is 26.3. The maximum atomic E-state index is 12.3. The van der Waals surface area contributed by atoms with Crippen LogP contribution < -0.4 is 5.32 Å². The number of hydrogen-bond acceptors (Lipinski definition) is 4. The summed E-state index contributed by atoms with van der Waals surface area (Å²) in [4.78, 5) is 20.6. The van der Waals surface area contributed by atoms with Gasteiger partial charge in [0.1, 0.15) is 12.7 Å². The average molecular weight is 297 g/mol. The Labute approximate surface area is 129 Å². The Hall–Kier alpha value is -2.24. The van der Waals surface area contributed by atoms with E-state index in [1.54, 1.807) is 17.2 Å². The molecule has 1 amide bonds. The van der Waals surface area contributed by atoms with Crippen molar-refractivity contribution in [1.29, 1.82) is 0 Å². The summed E-state index contributed by atoms with van der Waals surface area (Å²) in [5.41, 5.74) is 1.00. The van der Waals surface area contributed by atoms with Crippen molar-refractivity contribution in [3.05, 3.63) is 36.5 Å². The highest BCUT2D eigenvalue weighted by Crippen LogP contribution is 2.48. The van der Waals surface area contributed by atoms with Gasteiger partial charge in [-0.05, 0) is 42.7 Å². The zero-order valence-electron chi connectivity index (χ0n) is 12.4. The van der Waals surface area contributed by atoms with Crippen molar-refractivity contribution in [1.82, 2.24) is 25.1 Å². The van der Waals surface area contributed by atoms with Gasteiger partial charge in [-0.2, -0.15) is 5.10 Å². The maximum Gasteiger partial charge on any atom is 0.223 e. The lowest BCUT2D eigenvalue weighted by atomic mass is 9.88. The second-order valence-electron chi connectivity index (χ2n) is 6.36. The fourth-order valence-corrected chi connectivity index (χ4v) is 3.87. The number of aromatic nitrogens is 4. The molecule has 2 aliphatic carbocycles. The molecule has 2 heterocycles. The number of hydrogen-bond donors (Lipinski definition) is 1. The van der Waals surface area contributed by atoms with Gasteiger partial charge in [0.2, 0.25) is 5.91 Å². The summed E-state index contributed by atoms with van der Waals surface area (Å²) >= 11 is 0. The molecule has 3 unspecified atom stereocenters. The maximum absolute atomic E-state index is 12.3. The molecule has 2 aromatic rings. The standard InChI is InChI=1S/C16H19N5O/c22-16(14-6-11-1-3-13(14)5-11)19-8-12-2-4-15(18-7-12)21-10-17-9-20-21/h2,4,7,9-11,13-14H,1,3,5-6,8H2,(H,19,22). The lowest BCUT2D eigenvalue weighted by Gasteiger charge is -2.20. The van der Waals surface area contributed by atoms with Crippen LogP contribution in [0.15, 0.2) is 31.0 Å². The summed E-state index contributed by atoms with van der Waals surface area (Å²) < 4.78 is 1.61. The van der Waals surface area contributed by atoms with Crippen LogP contribution in [0, 0.1) is 17.8 Å². The fourth-order valence-electron chi connectivity index (χ4n) is 3.87. The molecule has 0 aromatic carbocycles. The molecule has 0 spiro atoms. The van der Waals surface area contributed by atoms with E-state index in [2.05, 4.69) is 20.4 Å². The third-order valence-electron chi connectivity index (χ3n) is 5.00. The largest absolute Gasteiger partial charge is 0.352 e. The number of nitrogens with zero attached hydrogens (tertiary/aromatic N) is 4. The van der Waals surface area contributed by atoms with E-state index in [-0.39, 0.29) is 11.8 Å². The number of fused-ring (bicyclic) bond motifs is 2. The third kappa shape index (κ3) is 2.49. The summed E-state index contributed by atoms with van der Waals surface area (Å²) in [7, 11) is 0. The number of carbonyl (C=O) groups excluding carboxylic acids is 1. The van der Waals surface area contributed by atoms with Crippen LogP contribution in [-0.2, 0) is 11.3 Å². The first-order chi connectivity index (χ1) is 10.8. The number of pyridine rings is 1. The van der Waals surface area contributed by atoms with E-state index < -0.39 is 0 Å². The molecule has 2 aliphatic rings. The molecule has 6 nitrogen and oxygen atoms in total. The Kier molecular flexibility index (Phi) is 3.36. The summed E-state index contributed by atoms with van der Waals surface area (Å²) in [5, 5.41) is 7.10. The molecule has 22 heavy (non-hydrogen) atoms.